The zero-order valence-electron chi connectivity index (χ0n) is 27.2. The summed E-state index contributed by atoms with van der Waals surface area (Å²) in [6.45, 7) is 19.1. The maximum atomic E-state index is 14.2. The number of aromatic nitrogens is 2. The van der Waals surface area contributed by atoms with Crippen LogP contribution in [0.2, 0.25) is 0 Å². The summed E-state index contributed by atoms with van der Waals surface area (Å²) < 4.78 is 0. The summed E-state index contributed by atoms with van der Waals surface area (Å²) in [7, 11) is 0. The van der Waals surface area contributed by atoms with Gasteiger partial charge in [0.15, 0.2) is 11.6 Å². The molecule has 5 aliphatic rings. The number of aliphatic hydroxyl groups excluding tert-OH is 1. The van der Waals surface area contributed by atoms with Crippen LogP contribution in [0.25, 0.3) is 0 Å². The number of hydrogen-bond donors (Lipinski definition) is 3. The molecule has 9 nitrogen and oxygen atoms in total. The van der Waals surface area contributed by atoms with Crippen LogP contribution in [0.5, 0.6) is 0 Å². The smallest absolute Gasteiger partial charge is 0.226 e. The number of ketones is 2. The van der Waals surface area contributed by atoms with Crippen molar-refractivity contribution in [1.29, 1.82) is 0 Å². The average molecular weight is 615 g/mol. The summed E-state index contributed by atoms with van der Waals surface area (Å²) in [6, 6.07) is 1.97. The summed E-state index contributed by atoms with van der Waals surface area (Å²) in [5.41, 5.74) is 0.680. The first-order valence-electron chi connectivity index (χ1n) is 16.8. The van der Waals surface area contributed by atoms with Crippen LogP contribution in [0.4, 0.5) is 17.6 Å². The van der Waals surface area contributed by atoms with Gasteiger partial charge in [-0.05, 0) is 61.0 Å². The van der Waals surface area contributed by atoms with Crippen molar-refractivity contribution in [1.82, 2.24) is 14.9 Å². The minimum Gasteiger partial charge on any atom is -0.393 e. The Bertz CT molecular complexity index is 1370. The molecule has 45 heavy (non-hydrogen) atoms. The van der Waals surface area contributed by atoms with E-state index in [0.29, 0.717) is 49.6 Å². The van der Waals surface area contributed by atoms with Crippen LogP contribution in [-0.2, 0) is 9.59 Å². The third kappa shape index (κ3) is 5.78. The van der Waals surface area contributed by atoms with E-state index in [1.807, 2.05) is 12.1 Å². The topological polar surface area (TPSA) is 111 Å². The van der Waals surface area contributed by atoms with Gasteiger partial charge in [-0.3, -0.25) is 14.5 Å². The third-order valence-corrected chi connectivity index (χ3v) is 11.8. The molecule has 3 saturated carbocycles. The standard InChI is InChI=1S/C36H50N6O3/c1-6-12-37-30-20-31(40-34(39-30)38-13-7-2)42-16-14-41(15-17-42)22-29(45)32-23(3)18-27-26-9-8-24-19-25(43)10-11-35(24,4)33(26)28(44)21-36(27,32)5/h6-7,10-11,19-20,23,26-28,32-33,44H,1-2,8-9,12-18,21-22H2,3-5H3,(H2,37,38,39,40)/t23?,26-,27-,28?,32+,33+,35-,36-/m0/s1. The number of carbonyl (C=O) groups is 2. The Labute approximate surface area is 267 Å². The van der Waals surface area contributed by atoms with E-state index in [4.69, 9.17) is 4.98 Å². The number of anilines is 3. The number of carbonyl (C=O) groups excluding carboxylic acids is 2. The number of nitrogens with zero attached hydrogens (tertiary/aromatic N) is 4. The molecule has 4 aliphatic carbocycles. The van der Waals surface area contributed by atoms with Gasteiger partial charge in [-0.2, -0.15) is 9.97 Å². The number of allylic oxidation sites excluding steroid dienone is 4. The lowest BCUT2D eigenvalue weighted by Gasteiger charge is -2.58. The molecule has 0 radical (unpaired) electrons. The molecular weight excluding hydrogens is 564 g/mol. The van der Waals surface area contributed by atoms with Crippen LogP contribution in [-0.4, -0.2) is 83.5 Å². The number of nitrogens with one attached hydrogen (secondary N) is 2. The zero-order chi connectivity index (χ0) is 31.9. The quantitative estimate of drug-likeness (QED) is 0.328. The summed E-state index contributed by atoms with van der Waals surface area (Å²) in [5.74, 6) is 3.63. The van der Waals surface area contributed by atoms with Gasteiger partial charge in [0.25, 0.3) is 0 Å². The van der Waals surface area contributed by atoms with Crippen LogP contribution in [0.15, 0.2) is 55.2 Å². The minimum atomic E-state index is -0.489. The van der Waals surface area contributed by atoms with Gasteiger partial charge < -0.3 is 20.6 Å². The van der Waals surface area contributed by atoms with Crippen molar-refractivity contribution in [3.63, 3.8) is 0 Å². The Morgan fingerprint density at radius 1 is 1.13 bits per heavy atom. The zero-order valence-corrected chi connectivity index (χ0v) is 27.2. The summed E-state index contributed by atoms with van der Waals surface area (Å²) in [4.78, 5) is 40.2. The molecule has 2 unspecified atom stereocenters. The highest BCUT2D eigenvalue weighted by Crippen LogP contribution is 2.67. The van der Waals surface area contributed by atoms with Crippen LogP contribution in [0.1, 0.15) is 46.5 Å². The molecule has 1 aliphatic heterocycles. The van der Waals surface area contributed by atoms with Crippen LogP contribution < -0.4 is 15.5 Å². The first-order valence-corrected chi connectivity index (χ1v) is 16.8. The minimum absolute atomic E-state index is 0.0526. The Hall–Kier alpha value is -3.30. The monoisotopic (exact) mass is 614 g/mol. The van der Waals surface area contributed by atoms with Crippen molar-refractivity contribution in [2.75, 3.05) is 61.3 Å². The highest BCUT2D eigenvalue weighted by atomic mass is 16.3. The molecule has 0 aromatic carbocycles. The Morgan fingerprint density at radius 3 is 2.60 bits per heavy atom. The molecule has 0 bridgehead atoms. The van der Waals surface area contributed by atoms with Crippen molar-refractivity contribution in [2.24, 2.45) is 40.4 Å². The van der Waals surface area contributed by atoms with E-state index in [1.54, 1.807) is 18.2 Å². The highest BCUT2D eigenvalue weighted by molar-refractivity contribution is 6.01. The van der Waals surface area contributed by atoms with E-state index in [0.717, 1.165) is 57.1 Å². The molecule has 8 atom stereocenters. The van der Waals surface area contributed by atoms with Crippen LogP contribution >= 0.6 is 0 Å². The fraction of sp³-hybridized carbons (Fsp3) is 0.611. The van der Waals surface area contributed by atoms with E-state index < -0.39 is 6.10 Å². The number of aliphatic hydroxyl groups is 1. The molecular formula is C36H50N6O3. The normalized spacial score (nSPS) is 36.0. The summed E-state index contributed by atoms with van der Waals surface area (Å²) in [6.07, 6.45) is 12.2. The predicted octanol–water partition coefficient (Wildman–Crippen LogP) is 4.50. The van der Waals surface area contributed by atoms with Crippen LogP contribution in [0, 0.1) is 40.4 Å². The van der Waals surface area contributed by atoms with Crippen molar-refractivity contribution >= 4 is 29.2 Å². The number of piperazine rings is 1. The second-order valence-corrected chi connectivity index (χ2v) is 14.5. The fourth-order valence-electron chi connectivity index (χ4n) is 9.94. The number of rotatable bonds is 10. The Kier molecular flexibility index (Phi) is 8.78. The Balaban J connectivity index is 1.12. The molecule has 0 spiro atoms. The van der Waals surface area contributed by atoms with Crippen molar-refractivity contribution in [2.45, 2.75) is 52.6 Å². The second kappa shape index (κ2) is 12.5. The number of fused-ring (bicyclic) bond motifs is 5. The van der Waals surface area contributed by atoms with Gasteiger partial charge in [0.05, 0.1) is 12.6 Å². The van der Waals surface area contributed by atoms with Crippen LogP contribution in [0.3, 0.4) is 0 Å². The van der Waals surface area contributed by atoms with Gasteiger partial charge in [-0.1, -0.05) is 44.6 Å². The molecule has 3 N–H and O–H groups in total. The lowest BCUT2D eigenvalue weighted by atomic mass is 9.46. The molecule has 1 saturated heterocycles. The second-order valence-electron chi connectivity index (χ2n) is 14.5. The SMILES string of the molecule is C=CCNc1cc(N2CCN(CC(=O)[C@H]3C(C)C[C@H]4[C@@H]5CCC6=CC(=O)C=C[C@]6(C)[C@H]5C(O)C[C@]34C)CC2)nc(NCC=C)n1. The maximum Gasteiger partial charge on any atom is 0.226 e. The molecule has 9 heteroatoms. The van der Waals surface area contributed by atoms with Gasteiger partial charge >= 0.3 is 0 Å². The molecule has 242 valence electrons. The molecule has 4 fully saturated rings. The maximum absolute atomic E-state index is 14.2. The fourth-order valence-corrected chi connectivity index (χ4v) is 9.94. The van der Waals surface area contributed by atoms with E-state index in [2.05, 4.69) is 65.4 Å². The molecule has 6 rings (SSSR count). The van der Waals surface area contributed by atoms with Crippen molar-refractivity contribution in [3.05, 3.63) is 55.2 Å². The van der Waals surface area contributed by atoms with Gasteiger partial charge in [-0.15, -0.1) is 13.2 Å². The molecule has 1 aromatic heterocycles. The predicted molar refractivity (Wildman–Crippen MR) is 179 cm³/mol. The van der Waals surface area contributed by atoms with Gasteiger partial charge in [0.2, 0.25) is 5.95 Å². The van der Waals surface area contributed by atoms with E-state index in [1.165, 1.54) is 5.57 Å². The first kappa shape index (κ1) is 31.7. The largest absolute Gasteiger partial charge is 0.393 e. The third-order valence-electron chi connectivity index (χ3n) is 11.8. The van der Waals surface area contributed by atoms with E-state index in [-0.39, 0.29) is 34.4 Å². The van der Waals surface area contributed by atoms with Gasteiger partial charge in [-0.25, -0.2) is 0 Å². The van der Waals surface area contributed by atoms with Crippen molar-refractivity contribution in [3.8, 4) is 0 Å². The van der Waals surface area contributed by atoms with E-state index in [9.17, 15) is 14.7 Å². The summed E-state index contributed by atoms with van der Waals surface area (Å²) in [5, 5.41) is 18.2. The van der Waals surface area contributed by atoms with Gasteiger partial charge in [0, 0.05) is 62.6 Å². The first-order chi connectivity index (χ1) is 21.6. The van der Waals surface area contributed by atoms with Gasteiger partial charge in [0.1, 0.15) is 11.6 Å². The molecule has 0 amide bonds. The lowest BCUT2D eigenvalue weighted by molar-refractivity contribution is -0.141. The number of Topliss-reactive ketones (excluding diaryl/α,β-unsaturated/α-hetero) is 1. The Morgan fingerprint density at radius 2 is 1.87 bits per heavy atom. The lowest BCUT2D eigenvalue weighted by Crippen LogP contribution is -2.57. The average Bonchev–Trinajstić information content (AvgIpc) is 3.28. The van der Waals surface area contributed by atoms with Crippen molar-refractivity contribution < 1.29 is 14.7 Å². The van der Waals surface area contributed by atoms with E-state index >= 15 is 0 Å². The highest BCUT2D eigenvalue weighted by Gasteiger charge is 2.64. The molecule has 1 aromatic rings. The molecule has 2 heterocycles. The number of hydrogen-bond acceptors (Lipinski definition) is 9. The summed E-state index contributed by atoms with van der Waals surface area (Å²) >= 11 is 0.